The first-order valence-corrected chi connectivity index (χ1v) is 5.94. The number of nitrogens with one attached hydrogen (secondary N) is 1. The molecule has 2 heterocycles. The number of rotatable bonds is 1. The lowest BCUT2D eigenvalue weighted by atomic mass is 10.1. The zero-order chi connectivity index (χ0) is 14.4. The number of halogens is 2. The van der Waals surface area contributed by atoms with Crippen LogP contribution in [0.25, 0.3) is 11.0 Å². The van der Waals surface area contributed by atoms with E-state index in [2.05, 4.69) is 10.3 Å². The summed E-state index contributed by atoms with van der Waals surface area (Å²) in [6.07, 6.45) is 0.267. The van der Waals surface area contributed by atoms with Gasteiger partial charge in [-0.2, -0.15) is 0 Å². The number of nitrogens with two attached hydrogens (primary N) is 1. The summed E-state index contributed by atoms with van der Waals surface area (Å²) in [5, 5.41) is 2.15. The molecule has 1 unspecified atom stereocenters. The van der Waals surface area contributed by atoms with Crippen LogP contribution in [0.4, 0.5) is 14.7 Å². The minimum atomic E-state index is -1.11. The van der Waals surface area contributed by atoms with E-state index in [0.717, 1.165) is 10.6 Å². The molecule has 0 radical (unpaired) electrons. The predicted molar refractivity (Wildman–Crippen MR) is 65.5 cm³/mol. The number of hydrogen-bond acceptors (Lipinski definition) is 4. The summed E-state index contributed by atoms with van der Waals surface area (Å²) in [6.45, 7) is 0. The topological polar surface area (TPSA) is 90.0 Å². The Morgan fingerprint density at radius 3 is 2.80 bits per heavy atom. The van der Waals surface area contributed by atoms with E-state index in [-0.39, 0.29) is 29.8 Å². The van der Waals surface area contributed by atoms with Crippen LogP contribution < -0.4 is 11.1 Å². The van der Waals surface area contributed by atoms with Gasteiger partial charge in [-0.15, -0.1) is 0 Å². The van der Waals surface area contributed by atoms with Crippen LogP contribution in [0.15, 0.2) is 12.1 Å². The monoisotopic (exact) mass is 280 g/mol. The molecule has 1 fully saturated rings. The maximum Gasteiger partial charge on any atom is 0.249 e. The zero-order valence-electron chi connectivity index (χ0n) is 10.2. The maximum absolute atomic E-state index is 13.9. The van der Waals surface area contributed by atoms with E-state index in [1.807, 2.05) is 0 Å². The van der Waals surface area contributed by atoms with Gasteiger partial charge in [-0.05, 0) is 18.6 Å². The summed E-state index contributed by atoms with van der Waals surface area (Å²) >= 11 is 0. The number of imidazole rings is 1. The molecule has 3 rings (SSSR count). The number of hydrogen-bond donors (Lipinski definition) is 2. The third kappa shape index (κ3) is 1.72. The number of benzene rings is 1. The van der Waals surface area contributed by atoms with E-state index in [1.165, 1.54) is 6.07 Å². The van der Waals surface area contributed by atoms with Crippen LogP contribution >= 0.6 is 0 Å². The minimum absolute atomic E-state index is 0.0981. The number of fused-ring (bicyclic) bond motifs is 1. The second kappa shape index (κ2) is 4.26. The molecule has 2 amide bonds. The van der Waals surface area contributed by atoms with Gasteiger partial charge < -0.3 is 5.73 Å². The first-order chi connectivity index (χ1) is 9.49. The van der Waals surface area contributed by atoms with Crippen LogP contribution in [0.1, 0.15) is 18.9 Å². The summed E-state index contributed by atoms with van der Waals surface area (Å²) < 4.78 is 28.4. The second-order valence-corrected chi connectivity index (χ2v) is 4.54. The Morgan fingerprint density at radius 2 is 2.10 bits per heavy atom. The Bertz CT molecular complexity index is 741. The Balaban J connectivity index is 2.20. The standard InChI is InChI=1S/C12H10F2N4O2/c13-5-1-2-6-10(9(5)14)18(12(15)16-6)7-3-4-8(19)17-11(7)20/h1-2,7H,3-4H2,(H2,15,16)(H,17,19,20). The van der Waals surface area contributed by atoms with Crippen molar-refractivity contribution in [3.05, 3.63) is 23.8 Å². The molecule has 1 atom stereocenters. The molecule has 104 valence electrons. The fraction of sp³-hybridized carbons (Fsp3) is 0.250. The third-order valence-corrected chi connectivity index (χ3v) is 3.29. The van der Waals surface area contributed by atoms with Gasteiger partial charge in [-0.25, -0.2) is 13.8 Å². The van der Waals surface area contributed by atoms with Gasteiger partial charge in [0.25, 0.3) is 0 Å². The van der Waals surface area contributed by atoms with Gasteiger partial charge in [0.05, 0.1) is 5.52 Å². The molecule has 0 saturated carbocycles. The fourth-order valence-electron chi connectivity index (χ4n) is 2.38. The molecule has 1 aromatic carbocycles. The molecule has 1 aliphatic heterocycles. The zero-order valence-corrected chi connectivity index (χ0v) is 10.2. The molecular weight excluding hydrogens is 270 g/mol. The fourth-order valence-corrected chi connectivity index (χ4v) is 2.38. The normalized spacial score (nSPS) is 19.4. The van der Waals surface area contributed by atoms with Crippen molar-refractivity contribution < 1.29 is 18.4 Å². The van der Waals surface area contributed by atoms with Crippen molar-refractivity contribution in [3.63, 3.8) is 0 Å². The predicted octanol–water partition coefficient (Wildman–Crippen LogP) is 0.874. The highest BCUT2D eigenvalue weighted by Crippen LogP contribution is 2.30. The van der Waals surface area contributed by atoms with Gasteiger partial charge >= 0.3 is 0 Å². The van der Waals surface area contributed by atoms with Crippen molar-refractivity contribution in [1.29, 1.82) is 0 Å². The number of anilines is 1. The molecule has 1 saturated heterocycles. The Labute approximate surface area is 111 Å². The molecule has 2 aromatic rings. The number of carbonyl (C=O) groups excluding carboxylic acids is 2. The average molecular weight is 280 g/mol. The largest absolute Gasteiger partial charge is 0.369 e. The highest BCUT2D eigenvalue weighted by Gasteiger charge is 2.31. The number of nitrogens with zero attached hydrogens (tertiary/aromatic N) is 2. The van der Waals surface area contributed by atoms with E-state index >= 15 is 0 Å². The van der Waals surface area contributed by atoms with Crippen molar-refractivity contribution in [2.75, 3.05) is 5.73 Å². The number of imide groups is 1. The van der Waals surface area contributed by atoms with Crippen molar-refractivity contribution in [2.24, 2.45) is 0 Å². The highest BCUT2D eigenvalue weighted by molar-refractivity contribution is 6.00. The van der Waals surface area contributed by atoms with Crippen LogP contribution in [0.2, 0.25) is 0 Å². The van der Waals surface area contributed by atoms with E-state index in [1.54, 1.807) is 0 Å². The maximum atomic E-state index is 13.9. The third-order valence-electron chi connectivity index (χ3n) is 3.29. The lowest BCUT2D eigenvalue weighted by molar-refractivity contribution is -0.135. The first kappa shape index (κ1) is 12.5. The Morgan fingerprint density at radius 1 is 1.35 bits per heavy atom. The molecule has 20 heavy (non-hydrogen) atoms. The average Bonchev–Trinajstić information content (AvgIpc) is 2.72. The molecule has 1 aromatic heterocycles. The lowest BCUT2D eigenvalue weighted by Gasteiger charge is -2.23. The first-order valence-electron chi connectivity index (χ1n) is 5.94. The summed E-state index contributed by atoms with van der Waals surface area (Å²) in [5.41, 5.74) is 5.69. The number of amides is 2. The Kier molecular flexibility index (Phi) is 2.66. The van der Waals surface area contributed by atoms with Crippen LogP contribution in [0, 0.1) is 11.6 Å². The van der Waals surface area contributed by atoms with Crippen molar-refractivity contribution in [2.45, 2.75) is 18.9 Å². The summed E-state index contributed by atoms with van der Waals surface area (Å²) in [5.74, 6) is -3.27. The molecule has 8 heteroatoms. The molecule has 0 bridgehead atoms. The van der Waals surface area contributed by atoms with Gasteiger partial charge in [0.1, 0.15) is 11.6 Å². The van der Waals surface area contributed by atoms with Gasteiger partial charge in [-0.3, -0.25) is 19.5 Å². The van der Waals surface area contributed by atoms with Crippen LogP contribution in [0.3, 0.4) is 0 Å². The number of carbonyl (C=O) groups is 2. The van der Waals surface area contributed by atoms with Crippen LogP contribution in [-0.2, 0) is 9.59 Å². The van der Waals surface area contributed by atoms with Gasteiger partial charge in [0.2, 0.25) is 17.8 Å². The molecule has 0 aliphatic carbocycles. The van der Waals surface area contributed by atoms with Crippen molar-refractivity contribution >= 4 is 28.8 Å². The summed E-state index contributed by atoms with van der Waals surface area (Å²) in [4.78, 5) is 26.9. The number of nitrogen functional groups attached to an aromatic ring is 1. The number of aromatic nitrogens is 2. The molecule has 0 spiro atoms. The SMILES string of the molecule is Nc1nc2ccc(F)c(F)c2n1C1CCC(=O)NC1=O. The molecule has 3 N–H and O–H groups in total. The quantitative estimate of drug-likeness (QED) is 0.758. The van der Waals surface area contributed by atoms with Crippen LogP contribution in [0.5, 0.6) is 0 Å². The minimum Gasteiger partial charge on any atom is -0.369 e. The number of piperidine rings is 1. The second-order valence-electron chi connectivity index (χ2n) is 4.54. The summed E-state index contributed by atoms with van der Waals surface area (Å²) in [7, 11) is 0. The van der Waals surface area contributed by atoms with Gasteiger partial charge in [-0.1, -0.05) is 0 Å². The molecular formula is C12H10F2N4O2. The van der Waals surface area contributed by atoms with Gasteiger partial charge in [0, 0.05) is 6.42 Å². The molecule has 6 nitrogen and oxygen atoms in total. The summed E-state index contributed by atoms with van der Waals surface area (Å²) in [6, 6.07) is 1.35. The highest BCUT2D eigenvalue weighted by atomic mass is 19.2. The van der Waals surface area contributed by atoms with E-state index in [0.29, 0.717) is 0 Å². The van der Waals surface area contributed by atoms with E-state index < -0.39 is 29.5 Å². The Hall–Kier alpha value is -2.51. The van der Waals surface area contributed by atoms with Crippen molar-refractivity contribution in [3.8, 4) is 0 Å². The lowest BCUT2D eigenvalue weighted by Crippen LogP contribution is -2.42. The molecule has 1 aliphatic rings. The van der Waals surface area contributed by atoms with E-state index in [4.69, 9.17) is 5.73 Å². The smallest absolute Gasteiger partial charge is 0.249 e. The van der Waals surface area contributed by atoms with E-state index in [9.17, 15) is 18.4 Å². The van der Waals surface area contributed by atoms with Gasteiger partial charge in [0.15, 0.2) is 11.6 Å². The van der Waals surface area contributed by atoms with Crippen molar-refractivity contribution in [1.82, 2.24) is 14.9 Å². The van der Waals surface area contributed by atoms with Crippen LogP contribution in [-0.4, -0.2) is 21.4 Å².